The molecule has 0 aromatic heterocycles. The molecule has 21 heavy (non-hydrogen) atoms. The van der Waals surface area contributed by atoms with Crippen LogP contribution in [0, 0.1) is 0 Å². The van der Waals surface area contributed by atoms with Crippen molar-refractivity contribution >= 4 is 21.9 Å². The summed E-state index contributed by atoms with van der Waals surface area (Å²) in [6.45, 7) is 0.176. The van der Waals surface area contributed by atoms with Gasteiger partial charge in [0.1, 0.15) is 6.61 Å². The van der Waals surface area contributed by atoms with Crippen molar-refractivity contribution in [2.45, 2.75) is 6.61 Å². The molecule has 0 saturated carbocycles. The van der Waals surface area contributed by atoms with Crippen LogP contribution in [0.5, 0.6) is 11.5 Å². The lowest BCUT2D eigenvalue weighted by Gasteiger charge is -2.10. The van der Waals surface area contributed by atoms with E-state index in [1.54, 1.807) is 50.6 Å². The maximum Gasteiger partial charge on any atom is 0.338 e. The molecule has 2 aromatic rings. The minimum absolute atomic E-state index is 0.176. The monoisotopic (exact) mass is 350 g/mol. The van der Waals surface area contributed by atoms with Crippen LogP contribution < -0.4 is 9.47 Å². The van der Waals surface area contributed by atoms with Gasteiger partial charge in [0.15, 0.2) is 11.5 Å². The second-order valence-electron chi connectivity index (χ2n) is 4.27. The van der Waals surface area contributed by atoms with E-state index in [4.69, 9.17) is 14.2 Å². The summed E-state index contributed by atoms with van der Waals surface area (Å²) in [6.07, 6.45) is 0. The highest BCUT2D eigenvalue weighted by Crippen LogP contribution is 2.27. The normalized spacial score (nSPS) is 10.0. The van der Waals surface area contributed by atoms with E-state index in [1.807, 2.05) is 6.07 Å². The molecular weight excluding hydrogens is 336 g/mol. The van der Waals surface area contributed by atoms with Gasteiger partial charge >= 0.3 is 5.97 Å². The molecule has 0 atom stereocenters. The summed E-state index contributed by atoms with van der Waals surface area (Å²) in [4.78, 5) is 11.9. The summed E-state index contributed by atoms with van der Waals surface area (Å²) >= 11 is 3.32. The molecule has 110 valence electrons. The lowest BCUT2D eigenvalue weighted by Crippen LogP contribution is -2.05. The summed E-state index contributed by atoms with van der Waals surface area (Å²) in [5.74, 6) is 0.882. The lowest BCUT2D eigenvalue weighted by atomic mass is 10.2. The Bertz CT molecular complexity index is 623. The molecule has 0 radical (unpaired) electrons. The van der Waals surface area contributed by atoms with Gasteiger partial charge < -0.3 is 14.2 Å². The van der Waals surface area contributed by atoms with Crippen LogP contribution in [-0.2, 0) is 11.3 Å². The van der Waals surface area contributed by atoms with Crippen molar-refractivity contribution in [1.82, 2.24) is 0 Å². The molecule has 0 spiro atoms. The summed E-state index contributed by atoms with van der Waals surface area (Å²) in [6, 6.07) is 12.4. The minimum Gasteiger partial charge on any atom is -0.493 e. The predicted molar refractivity (Wildman–Crippen MR) is 82.8 cm³/mol. The molecule has 5 heteroatoms. The Morgan fingerprint density at radius 3 is 2.29 bits per heavy atom. The average Bonchev–Trinajstić information content (AvgIpc) is 2.52. The summed E-state index contributed by atoms with van der Waals surface area (Å²) in [5.41, 5.74) is 1.34. The third kappa shape index (κ3) is 3.98. The van der Waals surface area contributed by atoms with Crippen LogP contribution in [0.2, 0.25) is 0 Å². The van der Waals surface area contributed by atoms with Crippen LogP contribution in [0.25, 0.3) is 0 Å². The number of methoxy groups -OCH3 is 2. The minimum atomic E-state index is -0.364. The molecule has 0 unspecified atom stereocenters. The van der Waals surface area contributed by atoms with Gasteiger partial charge in [-0.25, -0.2) is 4.79 Å². The van der Waals surface area contributed by atoms with E-state index in [1.165, 1.54) is 0 Å². The van der Waals surface area contributed by atoms with Crippen molar-refractivity contribution in [1.29, 1.82) is 0 Å². The zero-order chi connectivity index (χ0) is 15.2. The van der Waals surface area contributed by atoms with Crippen molar-refractivity contribution in [2.24, 2.45) is 0 Å². The van der Waals surface area contributed by atoms with E-state index in [-0.39, 0.29) is 12.6 Å². The van der Waals surface area contributed by atoms with Crippen molar-refractivity contribution in [3.63, 3.8) is 0 Å². The van der Waals surface area contributed by atoms with Crippen LogP contribution in [0.3, 0.4) is 0 Å². The van der Waals surface area contributed by atoms with E-state index < -0.39 is 0 Å². The first-order chi connectivity index (χ1) is 10.1. The van der Waals surface area contributed by atoms with Crippen LogP contribution in [-0.4, -0.2) is 20.2 Å². The van der Waals surface area contributed by atoms with Gasteiger partial charge in [0, 0.05) is 4.47 Å². The Morgan fingerprint density at radius 2 is 1.67 bits per heavy atom. The van der Waals surface area contributed by atoms with Crippen LogP contribution in [0.15, 0.2) is 46.9 Å². The van der Waals surface area contributed by atoms with Gasteiger partial charge in [-0.3, -0.25) is 0 Å². The molecule has 0 aliphatic heterocycles. The van der Waals surface area contributed by atoms with Gasteiger partial charge in [-0.2, -0.15) is 0 Å². The predicted octanol–water partition coefficient (Wildman–Crippen LogP) is 3.82. The fraction of sp³-hybridized carbons (Fsp3) is 0.188. The molecule has 4 nitrogen and oxygen atoms in total. The van der Waals surface area contributed by atoms with Crippen molar-refractivity contribution in [2.75, 3.05) is 14.2 Å². The van der Waals surface area contributed by atoms with Gasteiger partial charge in [0.25, 0.3) is 0 Å². The fourth-order valence-corrected chi connectivity index (χ4v) is 2.05. The largest absolute Gasteiger partial charge is 0.493 e. The molecule has 0 aliphatic rings. The number of carbonyl (C=O) groups is 1. The second kappa shape index (κ2) is 7.13. The van der Waals surface area contributed by atoms with Gasteiger partial charge in [-0.1, -0.05) is 22.0 Å². The standard InChI is InChI=1S/C16H15BrO4/c1-19-14-8-3-11(9-15(14)20-2)10-21-16(18)12-4-6-13(17)7-5-12/h3-9H,10H2,1-2H3. The molecule has 0 N–H and O–H groups in total. The molecule has 0 saturated heterocycles. The average molecular weight is 351 g/mol. The third-order valence-electron chi connectivity index (χ3n) is 2.90. The first-order valence-electron chi connectivity index (χ1n) is 6.27. The van der Waals surface area contributed by atoms with Crippen molar-refractivity contribution < 1.29 is 19.0 Å². The lowest BCUT2D eigenvalue weighted by molar-refractivity contribution is 0.0472. The second-order valence-corrected chi connectivity index (χ2v) is 5.19. The topological polar surface area (TPSA) is 44.8 Å². The van der Waals surface area contributed by atoms with Crippen LogP contribution in [0.4, 0.5) is 0 Å². The molecule has 2 aromatic carbocycles. The van der Waals surface area contributed by atoms with Gasteiger partial charge in [-0.05, 0) is 42.0 Å². The van der Waals surface area contributed by atoms with E-state index in [0.717, 1.165) is 10.0 Å². The maximum atomic E-state index is 11.9. The van der Waals surface area contributed by atoms with Gasteiger partial charge in [0.2, 0.25) is 0 Å². The number of hydrogen-bond donors (Lipinski definition) is 0. The Labute approximate surface area is 131 Å². The maximum absolute atomic E-state index is 11.9. The van der Waals surface area contributed by atoms with Crippen LogP contribution in [0.1, 0.15) is 15.9 Å². The number of esters is 1. The zero-order valence-electron chi connectivity index (χ0n) is 11.8. The fourth-order valence-electron chi connectivity index (χ4n) is 1.79. The zero-order valence-corrected chi connectivity index (χ0v) is 13.3. The van der Waals surface area contributed by atoms with Crippen LogP contribution >= 0.6 is 15.9 Å². The molecule has 0 bridgehead atoms. The number of benzene rings is 2. The molecule has 0 fully saturated rings. The summed E-state index contributed by atoms with van der Waals surface area (Å²) in [7, 11) is 3.14. The Kier molecular flexibility index (Phi) is 5.22. The molecule has 2 rings (SSSR count). The molecule has 0 amide bonds. The summed E-state index contributed by atoms with van der Waals surface area (Å²) in [5, 5.41) is 0. The van der Waals surface area contributed by atoms with E-state index in [2.05, 4.69) is 15.9 Å². The quantitative estimate of drug-likeness (QED) is 0.769. The van der Waals surface area contributed by atoms with Gasteiger partial charge in [0.05, 0.1) is 19.8 Å². The van der Waals surface area contributed by atoms with Gasteiger partial charge in [-0.15, -0.1) is 0 Å². The molecule has 0 heterocycles. The first-order valence-corrected chi connectivity index (χ1v) is 7.07. The number of ether oxygens (including phenoxy) is 3. The number of carbonyl (C=O) groups excluding carboxylic acids is 1. The highest BCUT2D eigenvalue weighted by atomic mass is 79.9. The number of hydrogen-bond acceptors (Lipinski definition) is 4. The van der Waals surface area contributed by atoms with Crippen molar-refractivity contribution in [3.8, 4) is 11.5 Å². The summed E-state index contributed by atoms with van der Waals surface area (Å²) < 4.78 is 16.6. The van der Waals surface area contributed by atoms with E-state index in [9.17, 15) is 4.79 Å². The smallest absolute Gasteiger partial charge is 0.338 e. The first kappa shape index (κ1) is 15.4. The highest BCUT2D eigenvalue weighted by Gasteiger charge is 2.09. The number of rotatable bonds is 5. The highest BCUT2D eigenvalue weighted by molar-refractivity contribution is 9.10. The molecular formula is C16H15BrO4. The SMILES string of the molecule is COc1ccc(COC(=O)c2ccc(Br)cc2)cc1OC. The van der Waals surface area contributed by atoms with E-state index in [0.29, 0.717) is 17.1 Å². The van der Waals surface area contributed by atoms with Crippen molar-refractivity contribution in [3.05, 3.63) is 58.1 Å². The number of halogens is 1. The Morgan fingerprint density at radius 1 is 1.00 bits per heavy atom. The Balaban J connectivity index is 2.02. The van der Waals surface area contributed by atoms with E-state index >= 15 is 0 Å². The third-order valence-corrected chi connectivity index (χ3v) is 3.43. The molecule has 0 aliphatic carbocycles. The Hall–Kier alpha value is -2.01.